The zero-order chi connectivity index (χ0) is 22.7. The number of ketones is 2. The number of aromatic hydroxyl groups is 2. The van der Waals surface area contributed by atoms with E-state index < -0.39 is 89.0 Å². The maximum Gasteiger partial charge on any atom is 0.212 e. The molecule has 0 bridgehead atoms. The Morgan fingerprint density at radius 3 is 1.07 bits per heavy atom. The number of fused-ring (bicyclic) bond motifs is 2. The normalized spacial score (nSPS) is 17.2. The lowest BCUT2D eigenvalue weighted by Crippen LogP contribution is -3.01. The number of nitrogens with one attached hydrogen (secondary N) is 4. The van der Waals surface area contributed by atoms with Crippen LogP contribution in [-0.2, 0) is 0 Å². The highest BCUT2D eigenvalue weighted by molar-refractivity contribution is 6.33. The second kappa shape index (κ2) is 7.30. The Hall–Kier alpha value is -3.10. The van der Waals surface area contributed by atoms with Crippen LogP contribution in [0.25, 0.3) is 0 Å². The van der Waals surface area contributed by atoms with Gasteiger partial charge in [-0.3, -0.25) is 9.59 Å². The standard InChI is InChI=1S/C14H12N4O12/c19-11-5(17(27)28)1-3(15(23)24)7-9(11)14(22)10-8(13(7)21)4(16(25)26)2-6(12(10)20)18(29)30/h1-2,15-20,23,25,27,29H. The molecule has 1 aliphatic carbocycles. The third-order valence-electron chi connectivity index (χ3n) is 4.43. The fraction of sp³-hybridized carbons (Fsp3) is 0. The van der Waals surface area contributed by atoms with Crippen molar-refractivity contribution in [2.75, 3.05) is 0 Å². The number of carbonyl (C=O) groups excluding carboxylic acids is 2. The van der Waals surface area contributed by atoms with Gasteiger partial charge in [0.2, 0.25) is 22.9 Å². The summed E-state index contributed by atoms with van der Waals surface area (Å²) in [5.41, 5.74) is -8.34. The third-order valence-corrected chi connectivity index (χ3v) is 4.43. The number of phenols is 2. The first-order chi connectivity index (χ1) is 13.9. The zero-order valence-electron chi connectivity index (χ0n) is 14.3. The first-order valence-corrected chi connectivity index (χ1v) is 7.72. The summed E-state index contributed by atoms with van der Waals surface area (Å²) < 4.78 is 0. The van der Waals surface area contributed by atoms with Crippen molar-refractivity contribution in [1.29, 1.82) is 0 Å². The Labute approximate surface area is 163 Å². The van der Waals surface area contributed by atoms with Gasteiger partial charge in [0.15, 0.2) is 22.9 Å². The molecular formula is C14H12N4O12. The number of phenolic OH excluding ortho intramolecular Hbond substituents is 2. The van der Waals surface area contributed by atoms with E-state index in [0.717, 1.165) is 0 Å². The van der Waals surface area contributed by atoms with Crippen LogP contribution >= 0.6 is 0 Å². The summed E-state index contributed by atoms with van der Waals surface area (Å²) in [6.45, 7) is 0. The van der Waals surface area contributed by atoms with E-state index >= 15 is 0 Å². The largest absolute Gasteiger partial charge is 0.595 e. The van der Waals surface area contributed by atoms with Crippen molar-refractivity contribution >= 4 is 34.3 Å². The molecule has 0 heterocycles. The van der Waals surface area contributed by atoms with Crippen molar-refractivity contribution in [2.45, 2.75) is 0 Å². The van der Waals surface area contributed by atoms with Crippen LogP contribution in [0.2, 0.25) is 0 Å². The van der Waals surface area contributed by atoms with Crippen molar-refractivity contribution in [2.24, 2.45) is 0 Å². The minimum Gasteiger partial charge on any atom is -0.595 e. The average Bonchev–Trinajstić information content (AvgIpc) is 2.64. The lowest BCUT2D eigenvalue weighted by atomic mass is 9.80. The molecule has 0 aliphatic heterocycles. The van der Waals surface area contributed by atoms with Crippen LogP contribution in [0.3, 0.4) is 0 Å². The van der Waals surface area contributed by atoms with E-state index in [9.17, 15) is 51.0 Å². The smallest absolute Gasteiger partial charge is 0.212 e. The first kappa shape index (κ1) is 21.6. The third kappa shape index (κ3) is 3.00. The number of rotatable bonds is 4. The molecule has 0 radical (unpaired) electrons. The molecule has 3 rings (SSSR count). The monoisotopic (exact) mass is 428 g/mol. The minimum atomic E-state index is -1.86. The van der Waals surface area contributed by atoms with Gasteiger partial charge in [0, 0.05) is 0 Å². The summed E-state index contributed by atoms with van der Waals surface area (Å²) in [6, 6.07) is 0.835. The Kier molecular flexibility index (Phi) is 5.26. The van der Waals surface area contributed by atoms with E-state index in [2.05, 4.69) is 0 Å². The molecule has 30 heavy (non-hydrogen) atoms. The zero-order valence-corrected chi connectivity index (χ0v) is 14.3. The van der Waals surface area contributed by atoms with Crippen molar-refractivity contribution in [3.8, 4) is 11.5 Å². The van der Waals surface area contributed by atoms with E-state index in [-0.39, 0.29) is 0 Å². The second-order valence-corrected chi connectivity index (χ2v) is 6.02. The van der Waals surface area contributed by atoms with Crippen LogP contribution < -0.4 is 20.9 Å². The molecule has 160 valence electrons. The summed E-state index contributed by atoms with van der Waals surface area (Å²) in [5.74, 6) is -5.56. The molecule has 10 N–H and O–H groups in total. The Morgan fingerprint density at radius 2 is 0.800 bits per heavy atom. The molecule has 0 spiro atoms. The highest BCUT2D eigenvalue weighted by atomic mass is 16.8. The van der Waals surface area contributed by atoms with E-state index in [1.807, 2.05) is 0 Å². The van der Waals surface area contributed by atoms with Crippen molar-refractivity contribution in [3.63, 3.8) is 0 Å². The predicted molar refractivity (Wildman–Crippen MR) is 86.2 cm³/mol. The molecule has 1 aliphatic rings. The maximum atomic E-state index is 13.0. The molecule has 0 fully saturated rings. The van der Waals surface area contributed by atoms with Crippen LogP contribution in [0.5, 0.6) is 11.5 Å². The number of quaternary nitrogens is 4. The fourth-order valence-corrected chi connectivity index (χ4v) is 3.17. The molecule has 0 saturated carbocycles. The van der Waals surface area contributed by atoms with E-state index in [4.69, 9.17) is 10.4 Å². The van der Waals surface area contributed by atoms with Crippen molar-refractivity contribution in [3.05, 3.63) is 55.2 Å². The molecule has 0 amide bonds. The Balaban J connectivity index is 2.50. The van der Waals surface area contributed by atoms with Crippen LogP contribution in [0.4, 0.5) is 22.7 Å². The molecule has 4 atom stereocenters. The van der Waals surface area contributed by atoms with Crippen LogP contribution in [0.1, 0.15) is 31.8 Å². The quantitative estimate of drug-likeness (QED) is 0.107. The first-order valence-electron chi connectivity index (χ1n) is 7.72. The fourth-order valence-electron chi connectivity index (χ4n) is 3.17. The van der Waals surface area contributed by atoms with Crippen molar-refractivity contribution in [1.82, 2.24) is 0 Å². The van der Waals surface area contributed by atoms with Gasteiger partial charge in [0.1, 0.15) is 11.1 Å². The summed E-state index contributed by atoms with van der Waals surface area (Å²) in [5, 5.41) is 95.8. The number of hydrogen-bond donors (Lipinski definition) is 10. The van der Waals surface area contributed by atoms with Gasteiger partial charge in [-0.05, 0) is 0 Å². The van der Waals surface area contributed by atoms with E-state index in [1.54, 1.807) is 0 Å². The molecule has 4 unspecified atom stereocenters. The summed E-state index contributed by atoms with van der Waals surface area (Å²) >= 11 is 0. The van der Waals surface area contributed by atoms with Gasteiger partial charge < -0.3 is 31.0 Å². The Morgan fingerprint density at radius 1 is 0.533 bits per heavy atom. The van der Waals surface area contributed by atoms with Crippen LogP contribution in [0, 0.1) is 20.8 Å². The van der Waals surface area contributed by atoms with Crippen molar-refractivity contribution < 1.29 is 61.5 Å². The maximum absolute atomic E-state index is 13.0. The molecule has 0 saturated heterocycles. The number of carbonyl (C=O) groups is 2. The molecule has 2 aromatic carbocycles. The van der Waals surface area contributed by atoms with Gasteiger partial charge in [-0.1, -0.05) is 0 Å². The lowest BCUT2D eigenvalue weighted by molar-refractivity contribution is -0.996. The molecule has 16 nitrogen and oxygen atoms in total. The van der Waals surface area contributed by atoms with E-state index in [0.29, 0.717) is 12.1 Å². The predicted octanol–water partition coefficient (Wildman–Crippen LogP) is -4.51. The summed E-state index contributed by atoms with van der Waals surface area (Å²) in [6.07, 6.45) is 0. The lowest BCUT2D eigenvalue weighted by Gasteiger charge is -2.27. The Bertz CT molecular complexity index is 1000. The number of hydrogen-bond acceptors (Lipinski definition) is 12. The average molecular weight is 428 g/mol. The van der Waals surface area contributed by atoms with Gasteiger partial charge >= 0.3 is 0 Å². The molecule has 2 aromatic rings. The van der Waals surface area contributed by atoms with Crippen LogP contribution in [0.15, 0.2) is 12.1 Å². The number of benzene rings is 2. The van der Waals surface area contributed by atoms with Crippen LogP contribution in [-0.4, -0.2) is 42.6 Å². The minimum absolute atomic E-state index is 0.418. The topological polar surface area (TPSA) is 266 Å². The van der Waals surface area contributed by atoms with Gasteiger partial charge in [-0.25, -0.2) is 20.8 Å². The SMILES string of the molecule is O=C1c2c([NH+]([O-])O)cc([NH+]([O-])O)c(O)c2C(=O)c2c(O)c([NH+]([O-])O)cc([NH+]([O-])O)c21. The highest BCUT2D eigenvalue weighted by Crippen LogP contribution is 2.44. The van der Waals surface area contributed by atoms with Gasteiger partial charge in [0.05, 0.1) is 23.3 Å². The van der Waals surface area contributed by atoms with Gasteiger partial charge in [0.25, 0.3) is 0 Å². The molecular weight excluding hydrogens is 416 g/mol. The summed E-state index contributed by atoms with van der Waals surface area (Å²) in [4.78, 5) is 25.9. The highest BCUT2D eigenvalue weighted by Gasteiger charge is 2.45. The van der Waals surface area contributed by atoms with Gasteiger partial charge in [-0.2, -0.15) is 20.9 Å². The van der Waals surface area contributed by atoms with E-state index in [1.165, 1.54) is 0 Å². The summed E-state index contributed by atoms with van der Waals surface area (Å²) in [7, 11) is 0. The second-order valence-electron chi connectivity index (χ2n) is 6.02. The van der Waals surface area contributed by atoms with Gasteiger partial charge in [-0.15, -0.1) is 0 Å². The molecule has 0 aromatic heterocycles. The molecule has 16 heteroatoms.